The average Bonchev–Trinajstić information content (AvgIpc) is 2.95. The number of amides is 1. The molecule has 1 N–H and O–H groups in total. The van der Waals surface area contributed by atoms with Gasteiger partial charge >= 0.3 is 0 Å². The van der Waals surface area contributed by atoms with Gasteiger partial charge in [-0.15, -0.1) is 0 Å². The summed E-state index contributed by atoms with van der Waals surface area (Å²) in [7, 11) is 0. The summed E-state index contributed by atoms with van der Waals surface area (Å²) in [4.78, 5) is 11.8. The summed E-state index contributed by atoms with van der Waals surface area (Å²) < 4.78 is 20.0. The summed E-state index contributed by atoms with van der Waals surface area (Å²) in [5, 5.41) is 8.77. The van der Waals surface area contributed by atoms with Crippen LogP contribution in [0.4, 0.5) is 4.39 Å². The Hall–Kier alpha value is -3.19. The Morgan fingerprint density at radius 3 is 2.76 bits per heavy atom. The quantitative estimate of drug-likeness (QED) is 0.471. The summed E-state index contributed by atoms with van der Waals surface area (Å²) in [6.07, 6.45) is 1.44. The van der Waals surface area contributed by atoms with E-state index in [4.69, 9.17) is 16.3 Å². The maximum absolute atomic E-state index is 13.1. The topological polar surface area (TPSA) is 68.5 Å². The fraction of sp³-hybridized carbons (Fsp3) is 0.190. The summed E-state index contributed by atoms with van der Waals surface area (Å²) >= 11 is 6.42. The molecule has 0 aliphatic carbocycles. The number of halogens is 2. The third kappa shape index (κ3) is 5.65. The summed E-state index contributed by atoms with van der Waals surface area (Å²) in [5.41, 5.74) is 5.92. The van der Waals surface area contributed by atoms with E-state index in [2.05, 4.69) is 15.6 Å². The van der Waals surface area contributed by atoms with Gasteiger partial charge in [-0.25, -0.2) is 14.5 Å². The number of nitrogens with zero attached hydrogens (tertiary/aromatic N) is 3. The van der Waals surface area contributed by atoms with Crippen LogP contribution in [-0.2, 0) is 11.3 Å². The number of aromatic nitrogens is 2. The van der Waals surface area contributed by atoms with E-state index in [1.54, 1.807) is 10.7 Å². The molecule has 1 heterocycles. The van der Waals surface area contributed by atoms with Crippen LogP contribution in [0.15, 0.2) is 53.6 Å². The molecule has 3 aromatic rings. The molecule has 0 unspecified atom stereocenters. The number of hydrogen-bond donors (Lipinski definition) is 1. The molecule has 0 atom stereocenters. The highest BCUT2D eigenvalue weighted by atomic mass is 35.5. The zero-order chi connectivity index (χ0) is 20.8. The highest BCUT2D eigenvalue weighted by Gasteiger charge is 2.12. The van der Waals surface area contributed by atoms with Crippen molar-refractivity contribution in [3.8, 4) is 5.75 Å². The second kappa shape index (κ2) is 9.34. The molecule has 8 heteroatoms. The van der Waals surface area contributed by atoms with Crippen molar-refractivity contribution in [2.45, 2.75) is 20.4 Å². The lowest BCUT2D eigenvalue weighted by Gasteiger charge is -2.05. The Balaban J connectivity index is 1.58. The predicted molar refractivity (Wildman–Crippen MR) is 110 cm³/mol. The van der Waals surface area contributed by atoms with Gasteiger partial charge in [0, 0.05) is 6.07 Å². The van der Waals surface area contributed by atoms with Crippen LogP contribution in [0.5, 0.6) is 5.75 Å². The van der Waals surface area contributed by atoms with Crippen molar-refractivity contribution in [2.24, 2.45) is 5.10 Å². The van der Waals surface area contributed by atoms with E-state index in [1.807, 2.05) is 38.1 Å². The fourth-order valence-corrected chi connectivity index (χ4v) is 2.87. The van der Waals surface area contributed by atoms with Crippen molar-refractivity contribution in [3.63, 3.8) is 0 Å². The summed E-state index contributed by atoms with van der Waals surface area (Å²) in [5.74, 6) is -0.652. The van der Waals surface area contributed by atoms with Crippen LogP contribution in [0.25, 0.3) is 0 Å². The van der Waals surface area contributed by atoms with Crippen molar-refractivity contribution in [2.75, 3.05) is 6.61 Å². The van der Waals surface area contributed by atoms with E-state index >= 15 is 0 Å². The van der Waals surface area contributed by atoms with Gasteiger partial charge in [-0.2, -0.15) is 10.2 Å². The smallest absolute Gasteiger partial charge is 0.277 e. The summed E-state index contributed by atoms with van der Waals surface area (Å²) in [6.45, 7) is 4.08. The lowest BCUT2D eigenvalue weighted by molar-refractivity contribution is -0.123. The van der Waals surface area contributed by atoms with E-state index in [9.17, 15) is 9.18 Å². The molecule has 2 aromatic carbocycles. The maximum Gasteiger partial charge on any atom is 0.277 e. The number of carbonyl (C=O) groups excluding carboxylic acids is 1. The molecule has 0 fully saturated rings. The largest absolute Gasteiger partial charge is 0.484 e. The molecule has 0 bridgehead atoms. The monoisotopic (exact) mass is 414 g/mol. The number of benzene rings is 2. The molecule has 150 valence electrons. The van der Waals surface area contributed by atoms with Crippen LogP contribution in [0.3, 0.4) is 0 Å². The number of rotatable bonds is 7. The van der Waals surface area contributed by atoms with Crippen LogP contribution in [0, 0.1) is 19.7 Å². The van der Waals surface area contributed by atoms with E-state index in [-0.39, 0.29) is 12.4 Å². The van der Waals surface area contributed by atoms with Crippen LogP contribution >= 0.6 is 11.6 Å². The number of hydrogen-bond acceptors (Lipinski definition) is 4. The standard InChI is InChI=1S/C21H20ClFN4O2/c1-14-6-8-16(9-7-14)12-27-21(22)19(15(2)26-27)11-24-25-20(28)13-29-18-5-3-4-17(23)10-18/h3-11H,12-13H2,1-2H3,(H,25,28)/b24-11-. The number of aryl methyl sites for hydroxylation is 2. The molecule has 29 heavy (non-hydrogen) atoms. The first-order valence-electron chi connectivity index (χ1n) is 8.91. The molecule has 1 amide bonds. The van der Waals surface area contributed by atoms with Gasteiger partial charge in [0.25, 0.3) is 5.91 Å². The zero-order valence-corrected chi connectivity index (χ0v) is 16.8. The van der Waals surface area contributed by atoms with Crippen molar-refractivity contribution >= 4 is 23.7 Å². The van der Waals surface area contributed by atoms with Gasteiger partial charge in [-0.3, -0.25) is 4.79 Å². The van der Waals surface area contributed by atoms with Crippen LogP contribution in [0.1, 0.15) is 22.4 Å². The number of nitrogens with one attached hydrogen (secondary N) is 1. The average molecular weight is 415 g/mol. The van der Waals surface area contributed by atoms with E-state index < -0.39 is 11.7 Å². The third-order valence-electron chi connectivity index (χ3n) is 4.11. The number of carbonyl (C=O) groups is 1. The van der Waals surface area contributed by atoms with Gasteiger partial charge in [0.1, 0.15) is 16.7 Å². The molecule has 0 aliphatic heterocycles. The van der Waals surface area contributed by atoms with E-state index in [0.717, 1.165) is 5.56 Å². The van der Waals surface area contributed by atoms with Crippen molar-refractivity contribution < 1.29 is 13.9 Å². The fourth-order valence-electron chi connectivity index (χ4n) is 2.59. The third-order valence-corrected chi connectivity index (χ3v) is 4.51. The number of ether oxygens (including phenoxy) is 1. The van der Waals surface area contributed by atoms with Crippen molar-refractivity contribution in [1.29, 1.82) is 0 Å². The first kappa shape index (κ1) is 20.5. The minimum Gasteiger partial charge on any atom is -0.484 e. The first-order valence-corrected chi connectivity index (χ1v) is 9.29. The molecule has 3 rings (SSSR count). The van der Waals surface area contributed by atoms with Gasteiger partial charge in [0.15, 0.2) is 6.61 Å². The molecule has 0 saturated carbocycles. The first-order chi connectivity index (χ1) is 13.9. The highest BCUT2D eigenvalue weighted by Crippen LogP contribution is 2.19. The van der Waals surface area contributed by atoms with Crippen LogP contribution in [0.2, 0.25) is 5.15 Å². The number of hydrazone groups is 1. The maximum atomic E-state index is 13.1. The lowest BCUT2D eigenvalue weighted by atomic mass is 10.1. The van der Waals surface area contributed by atoms with Gasteiger partial charge in [-0.05, 0) is 31.5 Å². The Morgan fingerprint density at radius 2 is 2.03 bits per heavy atom. The minimum absolute atomic E-state index is 0.264. The molecule has 0 saturated heterocycles. The minimum atomic E-state index is -0.480. The Labute approximate surface area is 173 Å². The van der Waals surface area contributed by atoms with Gasteiger partial charge in [0.05, 0.1) is 24.0 Å². The highest BCUT2D eigenvalue weighted by molar-refractivity contribution is 6.32. The predicted octanol–water partition coefficient (Wildman–Crippen LogP) is 3.87. The molecule has 0 radical (unpaired) electrons. The van der Waals surface area contributed by atoms with Gasteiger partial charge in [0.2, 0.25) is 0 Å². The SMILES string of the molecule is Cc1ccc(Cn2nc(C)c(/C=N\NC(=O)COc3cccc(F)c3)c2Cl)cc1. The van der Waals surface area contributed by atoms with E-state index in [1.165, 1.54) is 30.0 Å². The Kier molecular flexibility index (Phi) is 6.61. The second-order valence-electron chi connectivity index (χ2n) is 6.47. The van der Waals surface area contributed by atoms with Crippen molar-refractivity contribution in [3.05, 3.63) is 81.9 Å². The Morgan fingerprint density at radius 1 is 1.28 bits per heavy atom. The normalized spacial score (nSPS) is 11.0. The van der Waals surface area contributed by atoms with E-state index in [0.29, 0.717) is 23.0 Å². The molecular weight excluding hydrogens is 395 g/mol. The molecule has 6 nitrogen and oxygen atoms in total. The Bertz CT molecular complexity index is 1030. The van der Waals surface area contributed by atoms with Gasteiger partial charge < -0.3 is 4.74 Å². The molecule has 0 spiro atoms. The van der Waals surface area contributed by atoms with Crippen LogP contribution < -0.4 is 10.2 Å². The van der Waals surface area contributed by atoms with Gasteiger partial charge in [-0.1, -0.05) is 47.5 Å². The zero-order valence-electron chi connectivity index (χ0n) is 16.0. The molecule has 1 aromatic heterocycles. The van der Waals surface area contributed by atoms with Crippen LogP contribution in [-0.4, -0.2) is 28.5 Å². The lowest BCUT2D eigenvalue weighted by Crippen LogP contribution is -2.24. The summed E-state index contributed by atoms with van der Waals surface area (Å²) in [6, 6.07) is 13.7. The second-order valence-corrected chi connectivity index (χ2v) is 6.83. The molecule has 0 aliphatic rings. The molecular formula is C21H20ClFN4O2. The van der Waals surface area contributed by atoms with Crippen molar-refractivity contribution in [1.82, 2.24) is 15.2 Å².